The SMILES string of the molecule is COCCNCCC=C(C)C1CCCc2cccnc21. The number of allylic oxidation sites excluding steroid dienone is 1. The van der Waals surface area contributed by atoms with Gasteiger partial charge in [-0.1, -0.05) is 17.7 Å². The van der Waals surface area contributed by atoms with Crippen molar-refractivity contribution in [2.24, 2.45) is 0 Å². The minimum atomic E-state index is 0.527. The second-order valence-corrected chi connectivity index (χ2v) is 5.47. The number of hydrogen-bond acceptors (Lipinski definition) is 3. The Hall–Kier alpha value is -1.19. The Labute approximate surface area is 122 Å². The molecule has 0 aromatic carbocycles. The van der Waals surface area contributed by atoms with Gasteiger partial charge in [0.2, 0.25) is 0 Å². The summed E-state index contributed by atoms with van der Waals surface area (Å²) >= 11 is 0. The lowest BCUT2D eigenvalue weighted by molar-refractivity contribution is 0.199. The van der Waals surface area contributed by atoms with Gasteiger partial charge in [-0.3, -0.25) is 4.98 Å². The first-order chi connectivity index (χ1) is 9.83. The lowest BCUT2D eigenvalue weighted by Gasteiger charge is -2.25. The maximum atomic E-state index is 5.02. The maximum Gasteiger partial charge on any atom is 0.0587 e. The second-order valence-electron chi connectivity index (χ2n) is 5.47. The van der Waals surface area contributed by atoms with Gasteiger partial charge in [0.1, 0.15) is 0 Å². The van der Waals surface area contributed by atoms with Crippen molar-refractivity contribution in [2.45, 2.75) is 38.5 Å². The number of hydrogen-bond donors (Lipinski definition) is 1. The van der Waals surface area contributed by atoms with Gasteiger partial charge in [-0.25, -0.2) is 0 Å². The van der Waals surface area contributed by atoms with Gasteiger partial charge in [0.15, 0.2) is 0 Å². The van der Waals surface area contributed by atoms with Gasteiger partial charge in [0, 0.05) is 25.8 Å². The largest absolute Gasteiger partial charge is 0.383 e. The highest BCUT2D eigenvalue weighted by atomic mass is 16.5. The zero-order valence-electron chi connectivity index (χ0n) is 12.7. The molecule has 1 unspecified atom stereocenters. The van der Waals surface area contributed by atoms with E-state index in [0.29, 0.717) is 5.92 Å². The van der Waals surface area contributed by atoms with Crippen LogP contribution in [0.25, 0.3) is 0 Å². The Morgan fingerprint density at radius 2 is 2.40 bits per heavy atom. The molecule has 1 aliphatic rings. The van der Waals surface area contributed by atoms with Crippen LogP contribution < -0.4 is 5.32 Å². The summed E-state index contributed by atoms with van der Waals surface area (Å²) in [5.74, 6) is 0.527. The molecule has 1 atom stereocenters. The van der Waals surface area contributed by atoms with Crippen LogP contribution >= 0.6 is 0 Å². The molecule has 3 heteroatoms. The van der Waals surface area contributed by atoms with E-state index in [9.17, 15) is 0 Å². The summed E-state index contributed by atoms with van der Waals surface area (Å²) in [7, 11) is 1.74. The van der Waals surface area contributed by atoms with Gasteiger partial charge in [-0.05, 0) is 50.8 Å². The van der Waals surface area contributed by atoms with Crippen LogP contribution in [0.1, 0.15) is 43.4 Å². The first-order valence-corrected chi connectivity index (χ1v) is 7.63. The lowest BCUT2D eigenvalue weighted by atomic mass is 9.82. The number of nitrogens with zero attached hydrogens (tertiary/aromatic N) is 1. The van der Waals surface area contributed by atoms with E-state index in [0.717, 1.165) is 26.1 Å². The van der Waals surface area contributed by atoms with Crippen LogP contribution in [0.4, 0.5) is 0 Å². The Morgan fingerprint density at radius 3 is 3.25 bits per heavy atom. The second kappa shape index (κ2) is 8.18. The van der Waals surface area contributed by atoms with Crippen molar-refractivity contribution in [3.05, 3.63) is 41.2 Å². The van der Waals surface area contributed by atoms with E-state index in [4.69, 9.17) is 4.74 Å². The van der Waals surface area contributed by atoms with Crippen LogP contribution in [0.2, 0.25) is 0 Å². The average Bonchev–Trinajstić information content (AvgIpc) is 2.50. The quantitative estimate of drug-likeness (QED) is 0.613. The molecule has 1 aromatic rings. The predicted molar refractivity (Wildman–Crippen MR) is 83.0 cm³/mol. The zero-order valence-corrected chi connectivity index (χ0v) is 12.7. The Kier molecular flexibility index (Phi) is 6.22. The highest BCUT2D eigenvalue weighted by Gasteiger charge is 2.22. The van der Waals surface area contributed by atoms with Gasteiger partial charge in [-0.15, -0.1) is 0 Å². The van der Waals surface area contributed by atoms with Crippen LogP contribution in [0.3, 0.4) is 0 Å². The van der Waals surface area contributed by atoms with Crippen molar-refractivity contribution in [3.63, 3.8) is 0 Å². The van der Waals surface area contributed by atoms with E-state index in [1.54, 1.807) is 7.11 Å². The average molecular weight is 274 g/mol. The number of aryl methyl sites for hydroxylation is 1. The maximum absolute atomic E-state index is 5.02. The molecule has 0 amide bonds. The third kappa shape index (κ3) is 4.15. The molecule has 0 spiro atoms. The number of fused-ring (bicyclic) bond motifs is 1. The van der Waals surface area contributed by atoms with E-state index in [-0.39, 0.29) is 0 Å². The molecule has 0 saturated carbocycles. The molecular formula is C17H26N2O. The summed E-state index contributed by atoms with van der Waals surface area (Å²) in [4.78, 5) is 4.62. The van der Waals surface area contributed by atoms with Crippen molar-refractivity contribution in [1.29, 1.82) is 0 Å². The zero-order chi connectivity index (χ0) is 14.2. The van der Waals surface area contributed by atoms with Gasteiger partial charge in [-0.2, -0.15) is 0 Å². The van der Waals surface area contributed by atoms with Crippen LogP contribution in [-0.4, -0.2) is 31.8 Å². The molecule has 110 valence electrons. The number of methoxy groups -OCH3 is 1. The molecule has 0 bridgehead atoms. The summed E-state index contributed by atoms with van der Waals surface area (Å²) in [6.45, 7) is 4.98. The molecule has 20 heavy (non-hydrogen) atoms. The van der Waals surface area contributed by atoms with Gasteiger partial charge in [0.25, 0.3) is 0 Å². The lowest BCUT2D eigenvalue weighted by Crippen LogP contribution is -2.20. The first kappa shape index (κ1) is 15.2. The molecule has 1 aromatic heterocycles. The summed E-state index contributed by atoms with van der Waals surface area (Å²) in [5.41, 5.74) is 4.22. The Bertz CT molecular complexity index is 442. The molecule has 0 saturated heterocycles. The molecular weight excluding hydrogens is 248 g/mol. The summed E-state index contributed by atoms with van der Waals surface area (Å²) < 4.78 is 5.02. The van der Waals surface area contributed by atoms with E-state index >= 15 is 0 Å². The smallest absolute Gasteiger partial charge is 0.0587 e. The highest BCUT2D eigenvalue weighted by molar-refractivity contribution is 5.32. The fraction of sp³-hybridized carbons (Fsp3) is 0.588. The molecule has 1 N–H and O–H groups in total. The van der Waals surface area contributed by atoms with Gasteiger partial charge >= 0.3 is 0 Å². The number of pyridine rings is 1. The van der Waals surface area contributed by atoms with E-state index in [2.05, 4.69) is 35.4 Å². The van der Waals surface area contributed by atoms with E-state index < -0.39 is 0 Å². The Balaban J connectivity index is 1.88. The standard InChI is InChI=1S/C17H26N2O/c1-14(6-4-10-18-12-13-20-2)16-9-3-7-15-8-5-11-19-17(15)16/h5-6,8,11,16,18H,3-4,7,9-10,12-13H2,1-2H3. The fourth-order valence-corrected chi connectivity index (χ4v) is 2.90. The van der Waals surface area contributed by atoms with Gasteiger partial charge in [0.05, 0.1) is 12.3 Å². The molecule has 1 heterocycles. The van der Waals surface area contributed by atoms with E-state index in [1.165, 1.54) is 36.1 Å². The minimum absolute atomic E-state index is 0.527. The molecule has 3 nitrogen and oxygen atoms in total. The number of aromatic nitrogens is 1. The summed E-state index contributed by atoms with van der Waals surface area (Å²) in [5, 5.41) is 3.38. The van der Waals surface area contributed by atoms with Crippen molar-refractivity contribution in [1.82, 2.24) is 10.3 Å². The van der Waals surface area contributed by atoms with Crippen molar-refractivity contribution in [3.8, 4) is 0 Å². The topological polar surface area (TPSA) is 34.1 Å². The molecule has 1 aliphatic carbocycles. The predicted octanol–water partition coefficient (Wildman–Crippen LogP) is 3.07. The molecule has 0 fully saturated rings. The van der Waals surface area contributed by atoms with Crippen LogP contribution in [-0.2, 0) is 11.2 Å². The molecule has 0 radical (unpaired) electrons. The number of nitrogens with one attached hydrogen (secondary N) is 1. The molecule has 2 rings (SSSR count). The minimum Gasteiger partial charge on any atom is -0.383 e. The Morgan fingerprint density at radius 1 is 1.50 bits per heavy atom. The van der Waals surface area contributed by atoms with Crippen molar-refractivity contribution < 1.29 is 4.74 Å². The van der Waals surface area contributed by atoms with E-state index in [1.807, 2.05) is 6.20 Å². The van der Waals surface area contributed by atoms with Crippen molar-refractivity contribution >= 4 is 0 Å². The number of rotatable bonds is 7. The monoisotopic (exact) mass is 274 g/mol. The third-order valence-corrected chi connectivity index (χ3v) is 4.02. The van der Waals surface area contributed by atoms with Crippen LogP contribution in [0, 0.1) is 0 Å². The summed E-state index contributed by atoms with van der Waals surface area (Å²) in [6.07, 6.45) is 9.08. The van der Waals surface area contributed by atoms with Crippen LogP contribution in [0.5, 0.6) is 0 Å². The summed E-state index contributed by atoms with van der Waals surface area (Å²) in [6, 6.07) is 4.29. The van der Waals surface area contributed by atoms with Crippen molar-refractivity contribution in [2.75, 3.05) is 26.8 Å². The van der Waals surface area contributed by atoms with Gasteiger partial charge < -0.3 is 10.1 Å². The number of ether oxygens (including phenoxy) is 1. The van der Waals surface area contributed by atoms with Crippen LogP contribution in [0.15, 0.2) is 30.0 Å². The highest BCUT2D eigenvalue weighted by Crippen LogP contribution is 2.34. The first-order valence-electron chi connectivity index (χ1n) is 7.63. The fourth-order valence-electron chi connectivity index (χ4n) is 2.90. The normalized spacial score (nSPS) is 18.9. The molecule has 0 aliphatic heterocycles. The third-order valence-electron chi connectivity index (χ3n) is 4.02.